The highest BCUT2D eigenvalue weighted by molar-refractivity contribution is 6.08. The maximum absolute atomic E-state index is 13.0. The number of hydrogen-bond acceptors (Lipinski definition) is 7. The Kier molecular flexibility index (Phi) is 6.69. The van der Waals surface area contributed by atoms with Gasteiger partial charge in [-0.2, -0.15) is 0 Å². The second kappa shape index (κ2) is 9.22. The number of aliphatic imine (C=N–C) groups is 1. The average molecular weight is 401 g/mol. The van der Waals surface area contributed by atoms with Crippen molar-refractivity contribution < 1.29 is 28.9 Å². The number of benzene rings is 1. The van der Waals surface area contributed by atoms with Gasteiger partial charge in [-0.25, -0.2) is 0 Å². The summed E-state index contributed by atoms with van der Waals surface area (Å²) in [5, 5.41) is 10.3. The van der Waals surface area contributed by atoms with Gasteiger partial charge in [-0.3, -0.25) is 14.6 Å². The van der Waals surface area contributed by atoms with Crippen LogP contribution in [0.1, 0.15) is 44.6 Å². The Bertz CT molecular complexity index is 857. The monoisotopic (exact) mass is 401 g/mol. The zero-order valence-electron chi connectivity index (χ0n) is 17.1. The molecule has 156 valence electrons. The maximum Gasteiger partial charge on any atom is 0.315 e. The Hall–Kier alpha value is -2.67. The minimum atomic E-state index is -0.731. The number of Topliss-reactive ketones (excluding diaryl/α,β-unsaturated/α-hetero) is 1. The molecule has 2 atom stereocenters. The molecule has 0 bridgehead atoms. The van der Waals surface area contributed by atoms with Crippen LogP contribution in [0.5, 0.6) is 11.5 Å². The molecule has 0 aromatic heterocycles. The van der Waals surface area contributed by atoms with Gasteiger partial charge in [0.2, 0.25) is 0 Å². The van der Waals surface area contributed by atoms with E-state index in [1.165, 1.54) is 7.11 Å². The lowest BCUT2D eigenvalue weighted by Gasteiger charge is -2.34. The Morgan fingerprint density at radius 3 is 2.76 bits per heavy atom. The molecule has 0 radical (unpaired) electrons. The zero-order chi connectivity index (χ0) is 21.0. The average Bonchev–Trinajstić information content (AvgIpc) is 2.70. The number of carbonyl (C=O) groups is 2. The SMILES string of the molecule is CCOCCOC(=O)C1C(C)=NC2=C(C(=O)CCC2)[C@@H]1c1ccc(OC)c(O)c1. The van der Waals surface area contributed by atoms with E-state index < -0.39 is 17.8 Å². The van der Waals surface area contributed by atoms with E-state index in [1.54, 1.807) is 25.1 Å². The van der Waals surface area contributed by atoms with Gasteiger partial charge in [-0.05, 0) is 44.4 Å². The van der Waals surface area contributed by atoms with Crippen molar-refractivity contribution in [2.45, 2.75) is 39.0 Å². The van der Waals surface area contributed by atoms with Gasteiger partial charge in [0.15, 0.2) is 17.3 Å². The minimum Gasteiger partial charge on any atom is -0.504 e. The largest absolute Gasteiger partial charge is 0.504 e. The summed E-state index contributed by atoms with van der Waals surface area (Å²) in [5.41, 5.74) is 2.56. The molecule has 0 saturated heterocycles. The molecule has 1 heterocycles. The highest BCUT2D eigenvalue weighted by Gasteiger charge is 2.43. The lowest BCUT2D eigenvalue weighted by atomic mass is 9.71. The molecule has 0 fully saturated rings. The fourth-order valence-corrected chi connectivity index (χ4v) is 4.01. The quantitative estimate of drug-likeness (QED) is 0.557. The van der Waals surface area contributed by atoms with Gasteiger partial charge in [-0.15, -0.1) is 0 Å². The number of hydrogen-bond donors (Lipinski definition) is 1. The fraction of sp³-hybridized carbons (Fsp3) is 0.500. The summed E-state index contributed by atoms with van der Waals surface area (Å²) in [6, 6.07) is 4.96. The van der Waals surface area contributed by atoms with Crippen molar-refractivity contribution in [3.63, 3.8) is 0 Å². The van der Waals surface area contributed by atoms with Crippen LogP contribution in [-0.2, 0) is 19.1 Å². The van der Waals surface area contributed by atoms with Gasteiger partial charge in [-0.1, -0.05) is 6.07 Å². The van der Waals surface area contributed by atoms with Crippen LogP contribution in [-0.4, -0.2) is 49.5 Å². The van der Waals surface area contributed by atoms with Crippen molar-refractivity contribution in [3.8, 4) is 11.5 Å². The van der Waals surface area contributed by atoms with Gasteiger partial charge in [0.05, 0.1) is 13.7 Å². The fourth-order valence-electron chi connectivity index (χ4n) is 4.01. The Balaban J connectivity index is 2.00. The molecule has 7 nitrogen and oxygen atoms in total. The number of nitrogens with zero attached hydrogens (tertiary/aromatic N) is 1. The molecule has 0 spiro atoms. The summed E-state index contributed by atoms with van der Waals surface area (Å²) >= 11 is 0. The van der Waals surface area contributed by atoms with Crippen molar-refractivity contribution in [3.05, 3.63) is 35.0 Å². The molecule has 7 heteroatoms. The number of ether oxygens (including phenoxy) is 3. The summed E-state index contributed by atoms with van der Waals surface area (Å²) in [7, 11) is 1.47. The normalized spacial score (nSPS) is 21.5. The molecular weight excluding hydrogens is 374 g/mol. The van der Waals surface area contributed by atoms with E-state index >= 15 is 0 Å². The summed E-state index contributed by atoms with van der Waals surface area (Å²) < 4.78 is 15.8. The smallest absolute Gasteiger partial charge is 0.315 e. The molecule has 29 heavy (non-hydrogen) atoms. The van der Waals surface area contributed by atoms with E-state index in [0.29, 0.717) is 48.7 Å². The first-order valence-electron chi connectivity index (χ1n) is 9.90. The number of rotatable bonds is 7. The van der Waals surface area contributed by atoms with E-state index in [1.807, 2.05) is 6.92 Å². The second-order valence-electron chi connectivity index (χ2n) is 7.14. The number of methoxy groups -OCH3 is 1. The minimum absolute atomic E-state index is 0.00470. The Morgan fingerprint density at radius 2 is 2.07 bits per heavy atom. The van der Waals surface area contributed by atoms with Crippen molar-refractivity contribution in [2.24, 2.45) is 10.9 Å². The summed E-state index contributed by atoms with van der Waals surface area (Å²) in [6.07, 6.45) is 1.87. The molecule has 0 saturated carbocycles. The number of carbonyl (C=O) groups excluding carboxylic acids is 2. The Labute approximate surface area is 170 Å². The molecule has 1 unspecified atom stereocenters. The summed E-state index contributed by atoms with van der Waals surface area (Å²) in [4.78, 5) is 30.4. The highest BCUT2D eigenvalue weighted by Crippen LogP contribution is 2.45. The van der Waals surface area contributed by atoms with E-state index in [4.69, 9.17) is 14.2 Å². The molecule has 1 aromatic rings. The van der Waals surface area contributed by atoms with Crippen molar-refractivity contribution in [1.29, 1.82) is 0 Å². The van der Waals surface area contributed by atoms with Crippen LogP contribution in [0.15, 0.2) is 34.5 Å². The Morgan fingerprint density at radius 1 is 1.28 bits per heavy atom. The predicted octanol–water partition coefficient (Wildman–Crippen LogP) is 3.16. The number of esters is 1. The summed E-state index contributed by atoms with van der Waals surface area (Å²) in [6.45, 7) is 4.64. The lowest BCUT2D eigenvalue weighted by Crippen LogP contribution is -2.37. The standard InChI is InChI=1S/C22H27NO6/c1-4-28-10-11-29-22(26)19-13(2)23-15-6-5-7-16(24)21(15)20(19)14-8-9-18(27-3)17(25)12-14/h8-9,12,19-20,25H,4-7,10-11H2,1-3H3/t19?,20-/m1/s1. The molecule has 1 aliphatic carbocycles. The molecule has 3 rings (SSSR count). The molecule has 1 aromatic carbocycles. The summed E-state index contributed by atoms with van der Waals surface area (Å²) in [5.74, 6) is -1.45. The van der Waals surface area contributed by atoms with Crippen LogP contribution in [0.3, 0.4) is 0 Å². The molecule has 0 amide bonds. The molecule has 2 aliphatic rings. The number of allylic oxidation sites excluding steroid dienone is 2. The predicted molar refractivity (Wildman–Crippen MR) is 107 cm³/mol. The van der Waals surface area contributed by atoms with Crippen LogP contribution in [0.25, 0.3) is 0 Å². The van der Waals surface area contributed by atoms with E-state index in [9.17, 15) is 14.7 Å². The lowest BCUT2D eigenvalue weighted by molar-refractivity contribution is -0.148. The highest BCUT2D eigenvalue weighted by atomic mass is 16.6. The second-order valence-corrected chi connectivity index (χ2v) is 7.14. The molecular formula is C22H27NO6. The topological polar surface area (TPSA) is 94.4 Å². The molecule has 1 aliphatic heterocycles. The van der Waals surface area contributed by atoms with Gasteiger partial charge >= 0.3 is 5.97 Å². The van der Waals surface area contributed by atoms with Crippen LogP contribution in [0, 0.1) is 5.92 Å². The third kappa shape index (κ3) is 4.34. The van der Waals surface area contributed by atoms with Crippen LogP contribution in [0.2, 0.25) is 0 Å². The van der Waals surface area contributed by atoms with E-state index in [2.05, 4.69) is 4.99 Å². The first-order valence-corrected chi connectivity index (χ1v) is 9.90. The van der Waals surface area contributed by atoms with Crippen LogP contribution < -0.4 is 4.74 Å². The van der Waals surface area contributed by atoms with Crippen molar-refractivity contribution >= 4 is 17.5 Å². The number of phenols is 1. The zero-order valence-corrected chi connectivity index (χ0v) is 17.1. The van der Waals surface area contributed by atoms with Gasteiger partial charge in [0.25, 0.3) is 0 Å². The van der Waals surface area contributed by atoms with Gasteiger partial charge in [0, 0.05) is 35.9 Å². The van der Waals surface area contributed by atoms with Crippen molar-refractivity contribution in [1.82, 2.24) is 0 Å². The number of ketones is 1. The van der Waals surface area contributed by atoms with Gasteiger partial charge in [0.1, 0.15) is 12.5 Å². The first-order chi connectivity index (χ1) is 14.0. The van der Waals surface area contributed by atoms with Crippen molar-refractivity contribution in [2.75, 3.05) is 26.9 Å². The first kappa shape index (κ1) is 21.0. The van der Waals surface area contributed by atoms with E-state index in [-0.39, 0.29) is 18.1 Å². The number of phenolic OH excluding ortho intramolecular Hbond substituents is 1. The maximum atomic E-state index is 13.0. The molecule has 1 N–H and O–H groups in total. The number of aromatic hydroxyl groups is 1. The third-order valence-electron chi connectivity index (χ3n) is 5.33. The van der Waals surface area contributed by atoms with Crippen LogP contribution >= 0.6 is 0 Å². The van der Waals surface area contributed by atoms with E-state index in [0.717, 1.165) is 12.1 Å². The van der Waals surface area contributed by atoms with Gasteiger partial charge < -0.3 is 19.3 Å². The van der Waals surface area contributed by atoms with Crippen LogP contribution in [0.4, 0.5) is 0 Å². The third-order valence-corrected chi connectivity index (χ3v) is 5.33.